The van der Waals surface area contributed by atoms with Crippen molar-refractivity contribution in [3.8, 4) is 0 Å². The molecule has 9 rings (SSSR count). The predicted octanol–water partition coefficient (Wildman–Crippen LogP) is 7.56. The van der Waals surface area contributed by atoms with Crippen LogP contribution >= 0.6 is 45.9 Å². The van der Waals surface area contributed by atoms with Gasteiger partial charge in [-0.3, -0.25) is 19.7 Å². The molecular weight excluding hydrogens is 984 g/mol. The van der Waals surface area contributed by atoms with Crippen LogP contribution in [0.5, 0.6) is 0 Å². The van der Waals surface area contributed by atoms with Crippen LogP contribution in [0.2, 0.25) is 10.0 Å². The second-order valence-electron chi connectivity index (χ2n) is 15.5. The Balaban J connectivity index is 0.000000186. The number of benzene rings is 3. The summed E-state index contributed by atoms with van der Waals surface area (Å²) in [6.45, 7) is 2.02. The molecule has 2 amide bonds. The van der Waals surface area contributed by atoms with Crippen LogP contribution in [0.1, 0.15) is 68.2 Å². The summed E-state index contributed by atoms with van der Waals surface area (Å²) in [6, 6.07) is 24.5. The molecule has 0 bridgehead atoms. The van der Waals surface area contributed by atoms with Crippen molar-refractivity contribution in [1.29, 1.82) is 0 Å². The van der Waals surface area contributed by atoms with Crippen LogP contribution in [0.15, 0.2) is 118 Å². The van der Waals surface area contributed by atoms with E-state index in [-0.39, 0.29) is 51.1 Å². The molecule has 0 saturated carbocycles. The third-order valence-electron chi connectivity index (χ3n) is 11.3. The monoisotopic (exact) mass is 1020 g/mol. The molecule has 2 aliphatic heterocycles. The highest BCUT2D eigenvalue weighted by Gasteiger charge is 2.33. The minimum absolute atomic E-state index is 0.0153. The topological polar surface area (TPSA) is 225 Å². The van der Waals surface area contributed by atoms with Gasteiger partial charge in [0.1, 0.15) is 8.42 Å². The van der Waals surface area contributed by atoms with Gasteiger partial charge in [-0.2, -0.15) is 23.6 Å². The summed E-state index contributed by atoms with van der Waals surface area (Å²) in [7, 11) is -7.22. The van der Waals surface area contributed by atoms with Crippen molar-refractivity contribution in [2.75, 3.05) is 26.2 Å². The van der Waals surface area contributed by atoms with Crippen molar-refractivity contribution < 1.29 is 31.3 Å². The van der Waals surface area contributed by atoms with Gasteiger partial charge in [0.25, 0.3) is 37.5 Å². The van der Waals surface area contributed by atoms with E-state index < -0.39 is 25.0 Å². The lowest BCUT2D eigenvalue weighted by molar-refractivity contribution is -0.384. The van der Waals surface area contributed by atoms with E-state index in [1.165, 1.54) is 32.1 Å². The summed E-state index contributed by atoms with van der Waals surface area (Å²) < 4.78 is 58.0. The number of hydrogen-bond acceptors (Lipinski definition) is 13. The molecule has 2 aliphatic rings. The van der Waals surface area contributed by atoms with Crippen LogP contribution in [0.4, 0.5) is 5.69 Å². The summed E-state index contributed by atoms with van der Waals surface area (Å²) in [6.07, 6.45) is 7.44. The zero-order valence-electron chi connectivity index (χ0n) is 35.4. The lowest BCUT2D eigenvalue weighted by Gasteiger charge is -2.31. The van der Waals surface area contributed by atoms with Crippen molar-refractivity contribution in [2.24, 2.45) is 0 Å². The molecule has 2 saturated heterocycles. The number of imidazole rings is 1. The number of sulfonamides is 2. The first kappa shape index (κ1) is 47.9. The number of nitrogens with one attached hydrogen (secondary N) is 2. The lowest BCUT2D eigenvalue weighted by atomic mass is 10.1. The maximum absolute atomic E-state index is 13.3. The molecule has 18 nitrogen and oxygen atoms in total. The fourth-order valence-corrected chi connectivity index (χ4v) is 13.8. The lowest BCUT2D eigenvalue weighted by Crippen LogP contribution is -2.39. The first-order valence-corrected chi connectivity index (χ1v) is 26.1. The second kappa shape index (κ2) is 20.7. The minimum Gasteiger partial charge on any atom is -0.347 e. The zero-order chi connectivity index (χ0) is 47.3. The fraction of sp³-hybridized carbons (Fsp3) is 0.279. The zero-order valence-corrected chi connectivity index (χ0v) is 40.1. The molecular formula is C43H42Cl2N10O8S4. The van der Waals surface area contributed by atoms with Crippen molar-refractivity contribution in [3.63, 3.8) is 0 Å². The number of piperidine rings is 2. The molecule has 2 fully saturated rings. The van der Waals surface area contributed by atoms with Crippen LogP contribution in [-0.4, -0.2) is 92.9 Å². The van der Waals surface area contributed by atoms with Crippen molar-refractivity contribution in [3.05, 3.63) is 151 Å². The number of amides is 2. The number of nitro groups is 1. The summed E-state index contributed by atoms with van der Waals surface area (Å²) >= 11 is 14.0. The number of carbonyl (C=O) groups is 2. The Morgan fingerprint density at radius 3 is 1.60 bits per heavy atom. The highest BCUT2D eigenvalue weighted by Crippen LogP contribution is 2.33. The van der Waals surface area contributed by atoms with E-state index in [2.05, 4.69) is 25.8 Å². The van der Waals surface area contributed by atoms with Gasteiger partial charge < -0.3 is 15.2 Å². The maximum Gasteiger partial charge on any atom is 0.271 e. The van der Waals surface area contributed by atoms with E-state index in [0.29, 0.717) is 78.6 Å². The number of non-ortho nitro benzene ring substituents is 1. The Labute approximate surface area is 403 Å². The number of nitro benzene ring substituents is 1. The highest BCUT2D eigenvalue weighted by molar-refractivity contribution is 7.91. The summed E-state index contributed by atoms with van der Waals surface area (Å²) in [5, 5.41) is 26.0. The number of nitrogens with zero attached hydrogens (tertiary/aromatic N) is 8. The van der Waals surface area contributed by atoms with Crippen LogP contribution in [-0.2, 0) is 33.1 Å². The molecule has 4 aromatic heterocycles. The third-order valence-corrected chi connectivity index (χ3v) is 18.7. The number of hydrogen-bond donors (Lipinski definition) is 2. The fourth-order valence-electron chi connectivity index (χ4n) is 7.69. The molecule has 6 heterocycles. The van der Waals surface area contributed by atoms with Crippen molar-refractivity contribution in [2.45, 2.75) is 59.3 Å². The van der Waals surface area contributed by atoms with Crippen LogP contribution in [0.3, 0.4) is 0 Å². The summed E-state index contributed by atoms with van der Waals surface area (Å²) in [5.41, 5.74) is 2.28. The number of carbonyl (C=O) groups excluding carboxylic acids is 2. The van der Waals surface area contributed by atoms with E-state index in [1.807, 2.05) is 4.57 Å². The van der Waals surface area contributed by atoms with Gasteiger partial charge in [-0.05, 0) is 105 Å². The molecule has 3 aromatic carbocycles. The first-order valence-electron chi connectivity index (χ1n) is 20.9. The summed E-state index contributed by atoms with van der Waals surface area (Å²) in [5.74, 6) is -0.503. The SMILES string of the molecule is O=C(NCc1ccc(S(=O)(=O)N2CCC(n3cnc4cc([N+](=O)[O-])ccc43)CC2)s1)c1ccc(Cl)cc1.O=C(NCc1ccc(S(=O)(=O)N2CCC(n3nccn3)CC2)s1)c1ccc(Cl)cc1. The van der Waals surface area contributed by atoms with Crippen LogP contribution in [0, 0.1) is 10.1 Å². The van der Waals surface area contributed by atoms with Gasteiger partial charge in [0, 0.05) is 75.3 Å². The van der Waals surface area contributed by atoms with E-state index in [1.54, 1.807) is 102 Å². The Kier molecular flexibility index (Phi) is 14.8. The summed E-state index contributed by atoms with van der Waals surface area (Å²) in [4.78, 5) is 42.6. The van der Waals surface area contributed by atoms with Gasteiger partial charge in [0.2, 0.25) is 0 Å². The van der Waals surface area contributed by atoms with Gasteiger partial charge in [0.05, 0.1) is 53.8 Å². The molecule has 67 heavy (non-hydrogen) atoms. The van der Waals surface area contributed by atoms with E-state index >= 15 is 0 Å². The van der Waals surface area contributed by atoms with E-state index in [4.69, 9.17) is 23.2 Å². The molecule has 24 heteroatoms. The number of rotatable bonds is 13. The molecule has 350 valence electrons. The number of halogens is 2. The normalized spacial score (nSPS) is 15.5. The second-order valence-corrected chi connectivity index (χ2v) is 23.1. The molecule has 0 atom stereocenters. The van der Waals surface area contributed by atoms with E-state index in [0.717, 1.165) is 26.6 Å². The van der Waals surface area contributed by atoms with Gasteiger partial charge in [0.15, 0.2) is 0 Å². The third kappa shape index (κ3) is 11.2. The van der Waals surface area contributed by atoms with Crippen LogP contribution < -0.4 is 10.6 Å². The van der Waals surface area contributed by atoms with Gasteiger partial charge >= 0.3 is 0 Å². The Morgan fingerprint density at radius 1 is 0.672 bits per heavy atom. The Hall–Kier alpha value is -5.59. The molecule has 0 spiro atoms. The smallest absolute Gasteiger partial charge is 0.271 e. The molecule has 0 aliphatic carbocycles. The average molecular weight is 1030 g/mol. The van der Waals surface area contributed by atoms with Gasteiger partial charge in [-0.25, -0.2) is 21.8 Å². The minimum atomic E-state index is -3.66. The number of fused-ring (bicyclic) bond motifs is 1. The van der Waals surface area contributed by atoms with E-state index in [9.17, 15) is 36.5 Å². The Bertz CT molecular complexity index is 3090. The van der Waals surface area contributed by atoms with Gasteiger partial charge in [-0.15, -0.1) is 22.7 Å². The maximum atomic E-state index is 13.3. The average Bonchev–Trinajstić information content (AvgIpc) is 4.19. The molecule has 2 N–H and O–H groups in total. The molecule has 0 unspecified atom stereocenters. The standard InChI is InChI=1S/C24H22ClN5O5S2.C19H20ClN5O3S2/c25-17-3-1-16(2-4-17)24(31)26-14-20-6-8-23(36-20)37(34,35)28-11-9-18(10-12-28)29-15-27-21-13-19(30(32)33)5-7-22(21)29;20-15-3-1-14(2-4-15)19(26)21-13-17-5-6-18(29-17)30(27,28)24-11-7-16(8-12-24)25-22-9-10-23-25/h1-8,13,15,18H,9-12,14H2,(H,26,31);1-6,9-10,16H,7-8,11-13H2,(H,21,26). The number of aromatic nitrogens is 5. The van der Waals surface area contributed by atoms with Crippen LogP contribution in [0.25, 0.3) is 11.0 Å². The largest absolute Gasteiger partial charge is 0.347 e. The molecule has 0 radical (unpaired) electrons. The van der Waals surface area contributed by atoms with Crippen molar-refractivity contribution in [1.82, 2.24) is 43.8 Å². The highest BCUT2D eigenvalue weighted by atomic mass is 35.5. The van der Waals surface area contributed by atoms with Crippen molar-refractivity contribution >= 4 is 94.5 Å². The predicted molar refractivity (Wildman–Crippen MR) is 254 cm³/mol. The quantitative estimate of drug-likeness (QED) is 0.0847. The molecule has 7 aromatic rings. The number of thiophene rings is 2. The Morgan fingerprint density at radius 2 is 1.13 bits per heavy atom. The van der Waals surface area contributed by atoms with Gasteiger partial charge in [-0.1, -0.05) is 23.2 Å². The first-order chi connectivity index (χ1) is 32.1.